The zero-order chi connectivity index (χ0) is 14.0. The number of benzene rings is 1. The summed E-state index contributed by atoms with van der Waals surface area (Å²) in [6.07, 6.45) is 3.83. The predicted molar refractivity (Wildman–Crippen MR) is 76.7 cm³/mol. The second-order valence-corrected chi connectivity index (χ2v) is 5.65. The Balaban J connectivity index is 2.32. The normalized spacial score (nSPS) is 23.2. The molecule has 0 spiro atoms. The van der Waals surface area contributed by atoms with Crippen LogP contribution in [0.5, 0.6) is 5.75 Å². The van der Waals surface area contributed by atoms with Crippen LogP contribution in [0, 0.1) is 19.8 Å². The summed E-state index contributed by atoms with van der Waals surface area (Å²) in [5, 5.41) is 0. The third kappa shape index (κ3) is 2.98. The van der Waals surface area contributed by atoms with Crippen LogP contribution in [0.4, 0.5) is 0 Å². The van der Waals surface area contributed by atoms with E-state index in [2.05, 4.69) is 0 Å². The Morgan fingerprint density at radius 1 is 1.32 bits per heavy atom. The Morgan fingerprint density at radius 2 is 2.05 bits per heavy atom. The molecule has 2 unspecified atom stereocenters. The minimum atomic E-state index is 0.0547. The molecule has 19 heavy (non-hydrogen) atoms. The van der Waals surface area contributed by atoms with E-state index < -0.39 is 0 Å². The highest BCUT2D eigenvalue weighted by molar-refractivity contribution is 6.01. The van der Waals surface area contributed by atoms with Crippen LogP contribution in [0.2, 0.25) is 0 Å². The van der Waals surface area contributed by atoms with Gasteiger partial charge in [-0.1, -0.05) is 12.5 Å². The zero-order valence-corrected chi connectivity index (χ0v) is 12.0. The quantitative estimate of drug-likeness (QED) is 0.851. The van der Waals surface area contributed by atoms with Gasteiger partial charge < -0.3 is 10.5 Å². The molecule has 1 fully saturated rings. The lowest BCUT2D eigenvalue weighted by atomic mass is 9.80. The van der Waals surface area contributed by atoms with Gasteiger partial charge >= 0.3 is 0 Å². The van der Waals surface area contributed by atoms with Gasteiger partial charge in [0.05, 0.1) is 12.7 Å². The number of carbonyl (C=O) groups is 1. The maximum atomic E-state index is 12.7. The van der Waals surface area contributed by atoms with Gasteiger partial charge in [-0.2, -0.15) is 0 Å². The Bertz CT molecular complexity index is 482. The van der Waals surface area contributed by atoms with E-state index in [1.165, 1.54) is 0 Å². The van der Waals surface area contributed by atoms with Crippen LogP contribution >= 0.6 is 0 Å². The van der Waals surface area contributed by atoms with Crippen LogP contribution in [0.1, 0.15) is 47.2 Å². The summed E-state index contributed by atoms with van der Waals surface area (Å²) >= 11 is 0. The van der Waals surface area contributed by atoms with Gasteiger partial charge in [0.15, 0.2) is 5.78 Å². The number of ether oxygens (including phenoxy) is 1. The Kier molecular flexibility index (Phi) is 4.25. The van der Waals surface area contributed by atoms with Crippen molar-refractivity contribution in [2.75, 3.05) is 7.11 Å². The molecule has 0 aromatic heterocycles. The summed E-state index contributed by atoms with van der Waals surface area (Å²) in [6.45, 7) is 3.99. The number of hydrogen-bond donors (Lipinski definition) is 1. The fraction of sp³-hybridized carbons (Fsp3) is 0.562. The number of rotatable bonds is 3. The maximum Gasteiger partial charge on any atom is 0.169 e. The zero-order valence-electron chi connectivity index (χ0n) is 12.0. The minimum absolute atomic E-state index is 0.0547. The first-order valence-corrected chi connectivity index (χ1v) is 6.98. The molecule has 1 saturated carbocycles. The molecule has 0 saturated heterocycles. The highest BCUT2D eigenvalue weighted by atomic mass is 16.5. The van der Waals surface area contributed by atoms with E-state index in [1.807, 2.05) is 26.0 Å². The van der Waals surface area contributed by atoms with Gasteiger partial charge in [-0.3, -0.25) is 4.79 Å². The van der Waals surface area contributed by atoms with Crippen molar-refractivity contribution in [2.45, 2.75) is 45.6 Å². The second-order valence-electron chi connectivity index (χ2n) is 5.65. The van der Waals surface area contributed by atoms with Crippen molar-refractivity contribution in [1.29, 1.82) is 0 Å². The average molecular weight is 261 g/mol. The third-order valence-corrected chi connectivity index (χ3v) is 4.00. The number of ketones is 1. The molecule has 2 rings (SSSR count). The van der Waals surface area contributed by atoms with Crippen LogP contribution in [0.15, 0.2) is 12.1 Å². The van der Waals surface area contributed by atoms with Crippen molar-refractivity contribution in [2.24, 2.45) is 11.7 Å². The molecule has 0 heterocycles. The number of methoxy groups -OCH3 is 1. The van der Waals surface area contributed by atoms with Crippen molar-refractivity contribution in [3.63, 3.8) is 0 Å². The first kappa shape index (κ1) is 14.1. The maximum absolute atomic E-state index is 12.7. The van der Waals surface area contributed by atoms with E-state index in [4.69, 9.17) is 10.5 Å². The third-order valence-electron chi connectivity index (χ3n) is 4.00. The van der Waals surface area contributed by atoms with Crippen LogP contribution in [-0.2, 0) is 0 Å². The Labute approximate surface area is 115 Å². The van der Waals surface area contributed by atoms with Crippen molar-refractivity contribution < 1.29 is 9.53 Å². The number of nitrogens with two attached hydrogens (primary N) is 1. The minimum Gasteiger partial charge on any atom is -0.496 e. The predicted octanol–water partition coefficient (Wildman–Crippen LogP) is 3.01. The van der Waals surface area contributed by atoms with Gasteiger partial charge in [0.1, 0.15) is 5.75 Å². The SMILES string of the molecule is COc1cc(C)cc(C)c1C(=O)C1CCCC(N)C1. The lowest BCUT2D eigenvalue weighted by Crippen LogP contribution is -2.32. The smallest absolute Gasteiger partial charge is 0.169 e. The first-order valence-electron chi connectivity index (χ1n) is 6.98. The first-order chi connectivity index (χ1) is 9.02. The topological polar surface area (TPSA) is 52.3 Å². The molecular formula is C16H23NO2. The average Bonchev–Trinajstić information content (AvgIpc) is 2.37. The largest absolute Gasteiger partial charge is 0.496 e. The van der Waals surface area contributed by atoms with E-state index in [0.29, 0.717) is 5.75 Å². The standard InChI is InChI=1S/C16H23NO2/c1-10-7-11(2)15(14(8-10)19-3)16(18)12-5-4-6-13(17)9-12/h7-8,12-13H,4-6,9,17H2,1-3H3. The molecule has 0 bridgehead atoms. The second kappa shape index (κ2) is 5.74. The molecule has 3 nitrogen and oxygen atoms in total. The van der Waals surface area contributed by atoms with Gasteiger partial charge in [0, 0.05) is 12.0 Å². The molecule has 104 valence electrons. The van der Waals surface area contributed by atoms with E-state index in [0.717, 1.165) is 42.4 Å². The molecule has 0 aliphatic heterocycles. The highest BCUT2D eigenvalue weighted by Gasteiger charge is 2.29. The molecule has 0 amide bonds. The molecule has 2 atom stereocenters. The van der Waals surface area contributed by atoms with E-state index in [-0.39, 0.29) is 17.7 Å². The number of Topliss-reactive ketones (excluding diaryl/α,β-unsaturated/α-hetero) is 1. The van der Waals surface area contributed by atoms with Crippen molar-refractivity contribution in [3.05, 3.63) is 28.8 Å². The molecule has 1 aliphatic rings. The van der Waals surface area contributed by atoms with Crippen LogP contribution < -0.4 is 10.5 Å². The van der Waals surface area contributed by atoms with E-state index in [1.54, 1.807) is 7.11 Å². The highest BCUT2D eigenvalue weighted by Crippen LogP contribution is 2.32. The summed E-state index contributed by atoms with van der Waals surface area (Å²) in [6, 6.07) is 4.14. The summed E-state index contributed by atoms with van der Waals surface area (Å²) in [5.74, 6) is 0.949. The molecule has 1 aromatic carbocycles. The molecule has 0 radical (unpaired) electrons. The van der Waals surface area contributed by atoms with Gasteiger partial charge in [-0.05, 0) is 50.3 Å². The van der Waals surface area contributed by atoms with Gasteiger partial charge in [-0.15, -0.1) is 0 Å². The summed E-state index contributed by atoms with van der Waals surface area (Å²) < 4.78 is 5.39. The number of aryl methyl sites for hydroxylation is 2. The summed E-state index contributed by atoms with van der Waals surface area (Å²) in [4.78, 5) is 12.7. The van der Waals surface area contributed by atoms with Crippen molar-refractivity contribution in [3.8, 4) is 5.75 Å². The molecule has 3 heteroatoms. The molecule has 2 N–H and O–H groups in total. The van der Waals surface area contributed by atoms with Crippen LogP contribution in [0.25, 0.3) is 0 Å². The Hall–Kier alpha value is -1.35. The van der Waals surface area contributed by atoms with E-state index in [9.17, 15) is 4.79 Å². The fourth-order valence-corrected chi connectivity index (χ4v) is 3.08. The number of carbonyl (C=O) groups excluding carboxylic acids is 1. The van der Waals surface area contributed by atoms with Crippen LogP contribution in [-0.4, -0.2) is 18.9 Å². The van der Waals surface area contributed by atoms with Crippen molar-refractivity contribution in [1.82, 2.24) is 0 Å². The Morgan fingerprint density at radius 3 is 2.68 bits per heavy atom. The molecule has 1 aliphatic carbocycles. The van der Waals surface area contributed by atoms with Crippen molar-refractivity contribution >= 4 is 5.78 Å². The summed E-state index contributed by atoms with van der Waals surface area (Å²) in [5.41, 5.74) is 8.85. The molecular weight excluding hydrogens is 238 g/mol. The monoisotopic (exact) mass is 261 g/mol. The lowest BCUT2D eigenvalue weighted by Gasteiger charge is -2.26. The summed E-state index contributed by atoms with van der Waals surface area (Å²) in [7, 11) is 1.62. The lowest BCUT2D eigenvalue weighted by molar-refractivity contribution is 0.0877. The van der Waals surface area contributed by atoms with Crippen LogP contribution in [0.3, 0.4) is 0 Å². The van der Waals surface area contributed by atoms with Gasteiger partial charge in [0.2, 0.25) is 0 Å². The fourth-order valence-electron chi connectivity index (χ4n) is 3.08. The van der Waals surface area contributed by atoms with Gasteiger partial charge in [-0.25, -0.2) is 0 Å². The van der Waals surface area contributed by atoms with E-state index >= 15 is 0 Å². The molecule has 1 aromatic rings. The number of hydrogen-bond acceptors (Lipinski definition) is 3. The van der Waals surface area contributed by atoms with Gasteiger partial charge in [0.25, 0.3) is 0 Å².